The van der Waals surface area contributed by atoms with E-state index in [1.807, 2.05) is 0 Å². The third-order valence-electron chi connectivity index (χ3n) is 4.74. The molecule has 0 bridgehead atoms. The average Bonchev–Trinajstić information content (AvgIpc) is 2.61. The van der Waals surface area contributed by atoms with Crippen molar-refractivity contribution in [3.63, 3.8) is 0 Å². The number of hydrogen-bond donors (Lipinski definition) is 1. The maximum absolute atomic E-state index is 10.5. The van der Waals surface area contributed by atoms with E-state index in [2.05, 4.69) is 29.1 Å². The number of aliphatic carboxylic acids is 1. The lowest BCUT2D eigenvalue weighted by atomic mass is 9.78. The molecule has 1 aromatic rings. The standard InChI is InChI=1S/C19H26N4O3S/c1-19(2)9-12(20-8-6-4-5-7-14(24)25)16-13(10-19)23-15-17(26-3)21-11-22-18(15)27-16/h11,20H,4-10H2,1-3H3,(H,24,25). The van der Waals surface area contributed by atoms with Crippen LogP contribution < -0.4 is 15.2 Å². The Hall–Kier alpha value is -1.93. The van der Waals surface area contributed by atoms with Gasteiger partial charge in [0.15, 0.2) is 5.69 Å². The van der Waals surface area contributed by atoms with Crippen LogP contribution in [-0.2, 0) is 4.79 Å². The summed E-state index contributed by atoms with van der Waals surface area (Å²) in [4.78, 5) is 25.1. The summed E-state index contributed by atoms with van der Waals surface area (Å²) in [7, 11) is 1.60. The first kappa shape index (κ1) is 19.8. The minimum absolute atomic E-state index is 0.143. The van der Waals surface area contributed by atoms with Crippen LogP contribution in [0.1, 0.15) is 52.4 Å². The molecule has 3 rings (SSSR count). The molecule has 8 heteroatoms. The fourth-order valence-electron chi connectivity index (χ4n) is 3.52. The first-order valence-electron chi connectivity index (χ1n) is 9.30. The highest BCUT2D eigenvalue weighted by atomic mass is 32.2. The maximum Gasteiger partial charge on any atom is 0.244 e. The number of nitrogens with zero attached hydrogens (tertiary/aromatic N) is 3. The molecule has 0 amide bonds. The highest BCUT2D eigenvalue weighted by molar-refractivity contribution is 8.04. The fourth-order valence-corrected chi connectivity index (χ4v) is 4.57. The van der Waals surface area contributed by atoms with E-state index in [0.29, 0.717) is 12.3 Å². The Morgan fingerprint density at radius 2 is 2.11 bits per heavy atom. The van der Waals surface area contributed by atoms with Gasteiger partial charge in [-0.05, 0) is 37.5 Å². The Bertz CT molecular complexity index is 789. The summed E-state index contributed by atoms with van der Waals surface area (Å²) in [5.41, 5.74) is 3.27. The van der Waals surface area contributed by atoms with Crippen LogP contribution in [0.15, 0.2) is 26.9 Å². The number of carboxylic acid groups (broad SMARTS) is 1. The average molecular weight is 391 g/mol. The molecule has 146 valence electrons. The lowest BCUT2D eigenvalue weighted by Gasteiger charge is -2.33. The Kier molecular flexibility index (Phi) is 6.16. The molecule has 0 aromatic carbocycles. The minimum atomic E-state index is -0.964. The van der Waals surface area contributed by atoms with Crippen LogP contribution >= 0.6 is 11.8 Å². The fraction of sp³-hybridized carbons (Fsp3) is 0.579. The second-order valence-corrected chi connectivity index (χ2v) is 8.74. The smallest absolute Gasteiger partial charge is 0.244 e. The van der Waals surface area contributed by atoms with Gasteiger partial charge in [0.25, 0.3) is 0 Å². The predicted octanol–water partition coefficient (Wildman–Crippen LogP) is 1.57. The molecule has 1 aliphatic carbocycles. The summed E-state index contributed by atoms with van der Waals surface area (Å²) in [6.07, 6.45) is 6.14. The largest absolute Gasteiger partial charge is 0.550 e. The number of aromatic nitrogens is 2. The van der Waals surface area contributed by atoms with Gasteiger partial charge in [0, 0.05) is 12.4 Å². The number of carbonyl (C=O) groups excluding carboxylic acids is 1. The maximum atomic E-state index is 10.5. The van der Waals surface area contributed by atoms with E-state index in [4.69, 9.17) is 9.73 Å². The molecule has 1 aliphatic heterocycles. The highest BCUT2D eigenvalue weighted by Crippen LogP contribution is 2.48. The predicted molar refractivity (Wildman–Crippen MR) is 102 cm³/mol. The third-order valence-corrected chi connectivity index (χ3v) is 5.93. The molecule has 2 N–H and O–H groups in total. The summed E-state index contributed by atoms with van der Waals surface area (Å²) in [5, 5.41) is 13.6. The van der Waals surface area contributed by atoms with Gasteiger partial charge in [-0.1, -0.05) is 25.6 Å². The topological polar surface area (TPSA) is 104 Å². The van der Waals surface area contributed by atoms with Crippen LogP contribution in [0, 0.1) is 5.41 Å². The quantitative estimate of drug-likeness (QED) is 0.534. The van der Waals surface area contributed by atoms with Gasteiger partial charge >= 0.3 is 0 Å². The molecule has 0 radical (unpaired) electrons. The first-order chi connectivity index (χ1) is 12.9. The Morgan fingerprint density at radius 1 is 1.30 bits per heavy atom. The highest BCUT2D eigenvalue weighted by Gasteiger charge is 2.37. The molecule has 0 fully saturated rings. The van der Waals surface area contributed by atoms with Gasteiger partial charge < -0.3 is 20.0 Å². The number of nitrogens with two attached hydrogens (primary N) is 1. The number of carbonyl (C=O) groups is 1. The number of ether oxygens (including phenoxy) is 1. The van der Waals surface area contributed by atoms with Crippen LogP contribution in [0.4, 0.5) is 5.69 Å². The molecule has 27 heavy (non-hydrogen) atoms. The monoisotopic (exact) mass is 390 g/mol. The van der Waals surface area contributed by atoms with E-state index in [0.717, 1.165) is 48.7 Å². The lowest BCUT2D eigenvalue weighted by Crippen LogP contribution is -2.83. The Balaban J connectivity index is 1.75. The van der Waals surface area contributed by atoms with Crippen LogP contribution in [0.2, 0.25) is 0 Å². The summed E-state index contributed by atoms with van der Waals surface area (Å²) < 4.78 is 5.35. The number of methoxy groups -OCH3 is 1. The number of hydrogen-bond acceptors (Lipinski definition) is 7. The van der Waals surface area contributed by atoms with Crippen molar-refractivity contribution < 1.29 is 20.0 Å². The molecule has 0 unspecified atom stereocenters. The van der Waals surface area contributed by atoms with Gasteiger partial charge in [0.1, 0.15) is 17.1 Å². The van der Waals surface area contributed by atoms with Crippen LogP contribution in [-0.4, -0.2) is 35.3 Å². The van der Waals surface area contributed by atoms with Crippen molar-refractivity contribution in [2.45, 2.75) is 57.4 Å². The zero-order chi connectivity index (χ0) is 19.4. The molecule has 0 saturated heterocycles. The molecular formula is C19H26N4O3S. The molecule has 2 aliphatic rings. The van der Waals surface area contributed by atoms with E-state index in [1.54, 1.807) is 18.9 Å². The van der Waals surface area contributed by atoms with Gasteiger partial charge in [0.05, 0.1) is 24.3 Å². The summed E-state index contributed by atoms with van der Waals surface area (Å²) in [6, 6.07) is 0. The summed E-state index contributed by atoms with van der Waals surface area (Å²) in [6.45, 7) is 5.47. The van der Waals surface area contributed by atoms with E-state index in [1.165, 1.54) is 16.9 Å². The summed E-state index contributed by atoms with van der Waals surface area (Å²) in [5.74, 6) is -0.450. The van der Waals surface area contributed by atoms with Gasteiger partial charge in [-0.2, -0.15) is 4.98 Å². The first-order valence-corrected chi connectivity index (χ1v) is 10.1. The Morgan fingerprint density at radius 3 is 2.85 bits per heavy atom. The number of unbranched alkanes of at least 4 members (excludes halogenated alkanes) is 2. The van der Waals surface area contributed by atoms with Crippen LogP contribution in [0.5, 0.6) is 5.88 Å². The zero-order valence-corrected chi connectivity index (χ0v) is 16.9. The molecule has 0 atom stereocenters. The van der Waals surface area contributed by atoms with E-state index >= 15 is 0 Å². The molecule has 2 heterocycles. The second kappa shape index (κ2) is 8.39. The number of fused-ring (bicyclic) bond motifs is 2. The van der Waals surface area contributed by atoms with Crippen molar-refractivity contribution in [2.24, 2.45) is 10.4 Å². The third kappa shape index (κ3) is 4.87. The number of quaternary nitrogens is 1. The Labute approximate surface area is 163 Å². The van der Waals surface area contributed by atoms with Crippen molar-refractivity contribution in [1.29, 1.82) is 0 Å². The van der Waals surface area contributed by atoms with E-state index < -0.39 is 5.97 Å². The van der Waals surface area contributed by atoms with Gasteiger partial charge in [-0.3, -0.25) is 0 Å². The lowest BCUT2D eigenvalue weighted by molar-refractivity contribution is -0.610. The second-order valence-electron chi connectivity index (χ2n) is 7.74. The number of carboxylic acids is 1. The summed E-state index contributed by atoms with van der Waals surface area (Å²) >= 11 is 1.65. The molecular weight excluding hydrogens is 364 g/mol. The van der Waals surface area contributed by atoms with Crippen LogP contribution in [0.3, 0.4) is 0 Å². The van der Waals surface area contributed by atoms with Gasteiger partial charge in [-0.15, -0.1) is 0 Å². The number of thioether (sulfide) groups is 1. The van der Waals surface area contributed by atoms with Crippen molar-refractivity contribution in [3.8, 4) is 5.88 Å². The number of rotatable bonds is 8. The SMILES string of the molecule is COc1ncnc2c1N=C1CC(C)(C)CC([NH2+]CCCCCC(=O)[O-])=C1S2. The molecule has 7 nitrogen and oxygen atoms in total. The van der Waals surface area contributed by atoms with Gasteiger partial charge in [0.2, 0.25) is 5.88 Å². The van der Waals surface area contributed by atoms with Crippen molar-refractivity contribution >= 4 is 29.1 Å². The van der Waals surface area contributed by atoms with Crippen molar-refractivity contribution in [1.82, 2.24) is 9.97 Å². The number of aliphatic imine (C=N–C) groups is 1. The normalized spacial score (nSPS) is 17.8. The van der Waals surface area contributed by atoms with Gasteiger partial charge in [-0.25, -0.2) is 9.98 Å². The van der Waals surface area contributed by atoms with Crippen molar-refractivity contribution in [2.75, 3.05) is 13.7 Å². The van der Waals surface area contributed by atoms with Crippen LogP contribution in [0.25, 0.3) is 0 Å². The molecule has 1 aromatic heterocycles. The zero-order valence-electron chi connectivity index (χ0n) is 16.1. The van der Waals surface area contributed by atoms with E-state index in [-0.39, 0.29) is 11.8 Å². The minimum Gasteiger partial charge on any atom is -0.550 e. The van der Waals surface area contributed by atoms with Crippen molar-refractivity contribution in [3.05, 3.63) is 16.9 Å². The number of allylic oxidation sites excluding steroid dienone is 2. The molecule has 0 saturated carbocycles. The molecule has 0 spiro atoms. The van der Waals surface area contributed by atoms with E-state index in [9.17, 15) is 9.90 Å².